The summed E-state index contributed by atoms with van der Waals surface area (Å²) in [4.78, 5) is 13.0. The lowest BCUT2D eigenvalue weighted by Crippen LogP contribution is -2.25. The number of para-hydroxylation sites is 1. The average molecular weight is 281 g/mol. The Morgan fingerprint density at radius 2 is 2.05 bits per heavy atom. The molecule has 1 N–H and O–H groups in total. The number of ether oxygens (including phenoxy) is 1. The smallest absolute Gasteiger partial charge is 0.333 e. The molecule has 0 aromatic heterocycles. The van der Waals surface area contributed by atoms with Crippen molar-refractivity contribution in [2.75, 3.05) is 38.6 Å². The molecule has 0 heterocycles. The number of nitrogens with zero attached hydrogens (tertiary/aromatic N) is 2. The van der Waals surface area contributed by atoms with Crippen LogP contribution in [0.4, 0.5) is 11.4 Å². The molecule has 6 heteroatoms. The molecule has 0 atom stereocenters. The van der Waals surface area contributed by atoms with Crippen molar-refractivity contribution in [1.82, 2.24) is 4.90 Å². The summed E-state index contributed by atoms with van der Waals surface area (Å²) in [5, 5.41) is 14.2. The van der Waals surface area contributed by atoms with E-state index >= 15 is 0 Å². The van der Waals surface area contributed by atoms with E-state index in [1.807, 2.05) is 0 Å². The van der Waals surface area contributed by atoms with Gasteiger partial charge < -0.3 is 15.0 Å². The molecule has 1 aromatic carbocycles. The molecule has 112 valence electrons. The van der Waals surface area contributed by atoms with Crippen molar-refractivity contribution < 1.29 is 9.66 Å². The van der Waals surface area contributed by atoms with Gasteiger partial charge in [-0.1, -0.05) is 19.9 Å². The van der Waals surface area contributed by atoms with Crippen LogP contribution in [0.5, 0.6) is 5.75 Å². The summed E-state index contributed by atoms with van der Waals surface area (Å²) < 4.78 is 5.04. The van der Waals surface area contributed by atoms with Crippen LogP contribution in [0.2, 0.25) is 0 Å². The third-order valence-electron chi connectivity index (χ3n) is 3.26. The summed E-state index contributed by atoms with van der Waals surface area (Å²) in [6, 6.07) is 5.05. The fourth-order valence-electron chi connectivity index (χ4n) is 2.08. The number of anilines is 1. The second-order valence-corrected chi connectivity index (χ2v) is 4.42. The zero-order chi connectivity index (χ0) is 15.0. The molecule has 0 amide bonds. The Kier molecular flexibility index (Phi) is 6.79. The molecule has 0 saturated heterocycles. The number of benzene rings is 1. The van der Waals surface area contributed by atoms with E-state index in [1.54, 1.807) is 18.2 Å². The first kappa shape index (κ1) is 16.2. The minimum absolute atomic E-state index is 0.00200. The molecule has 0 bridgehead atoms. The van der Waals surface area contributed by atoms with Gasteiger partial charge in [-0.05, 0) is 38.2 Å². The average Bonchev–Trinajstić information content (AvgIpc) is 2.46. The minimum atomic E-state index is -0.411. The van der Waals surface area contributed by atoms with Crippen molar-refractivity contribution in [3.63, 3.8) is 0 Å². The molecule has 0 fully saturated rings. The Morgan fingerprint density at radius 1 is 1.35 bits per heavy atom. The van der Waals surface area contributed by atoms with Crippen molar-refractivity contribution in [1.29, 1.82) is 0 Å². The first-order chi connectivity index (χ1) is 9.63. The van der Waals surface area contributed by atoms with Crippen molar-refractivity contribution in [3.05, 3.63) is 28.3 Å². The van der Waals surface area contributed by atoms with Gasteiger partial charge in [0.25, 0.3) is 0 Å². The fraction of sp³-hybridized carbons (Fsp3) is 0.571. The predicted octanol–water partition coefficient (Wildman–Crippen LogP) is 2.75. The second kappa shape index (κ2) is 8.37. The van der Waals surface area contributed by atoms with Crippen LogP contribution in [0.1, 0.15) is 20.3 Å². The highest BCUT2D eigenvalue weighted by Crippen LogP contribution is 2.34. The number of nitro groups is 1. The minimum Gasteiger partial charge on any atom is -0.490 e. The number of nitro benzene ring substituents is 1. The number of hydrogen-bond donors (Lipinski definition) is 1. The van der Waals surface area contributed by atoms with E-state index in [1.165, 1.54) is 7.11 Å². The van der Waals surface area contributed by atoms with Gasteiger partial charge in [0.2, 0.25) is 0 Å². The van der Waals surface area contributed by atoms with Crippen LogP contribution in [0.25, 0.3) is 0 Å². The molecule has 0 spiro atoms. The third-order valence-corrected chi connectivity index (χ3v) is 3.26. The second-order valence-electron chi connectivity index (χ2n) is 4.42. The summed E-state index contributed by atoms with van der Waals surface area (Å²) in [7, 11) is 1.44. The monoisotopic (exact) mass is 281 g/mol. The number of hydrogen-bond acceptors (Lipinski definition) is 5. The van der Waals surface area contributed by atoms with Gasteiger partial charge in [0, 0.05) is 6.54 Å². The molecule has 0 aliphatic heterocycles. The molecule has 1 rings (SSSR count). The Bertz CT molecular complexity index is 434. The third kappa shape index (κ3) is 4.38. The molecule has 0 aliphatic carbocycles. The van der Waals surface area contributed by atoms with Crippen molar-refractivity contribution in [2.45, 2.75) is 20.3 Å². The van der Waals surface area contributed by atoms with Crippen molar-refractivity contribution >= 4 is 11.4 Å². The summed E-state index contributed by atoms with van der Waals surface area (Å²) in [6.45, 7) is 7.99. The maximum Gasteiger partial charge on any atom is 0.333 e. The van der Waals surface area contributed by atoms with Gasteiger partial charge in [-0.25, -0.2) is 0 Å². The zero-order valence-electron chi connectivity index (χ0n) is 12.4. The van der Waals surface area contributed by atoms with Crippen LogP contribution >= 0.6 is 0 Å². The van der Waals surface area contributed by atoms with Gasteiger partial charge in [0.1, 0.15) is 5.69 Å². The Morgan fingerprint density at radius 3 is 2.60 bits per heavy atom. The normalized spacial score (nSPS) is 10.6. The van der Waals surface area contributed by atoms with Crippen molar-refractivity contribution in [2.24, 2.45) is 0 Å². The Hall–Kier alpha value is -1.82. The highest BCUT2D eigenvalue weighted by atomic mass is 16.6. The van der Waals surface area contributed by atoms with Gasteiger partial charge in [-0.15, -0.1) is 0 Å². The summed E-state index contributed by atoms with van der Waals surface area (Å²) in [6.07, 6.45) is 0.941. The highest BCUT2D eigenvalue weighted by Gasteiger charge is 2.19. The fourth-order valence-corrected chi connectivity index (χ4v) is 2.08. The standard InChI is InChI=1S/C14H23N3O3/c1-4-16(5-2)11-7-10-15-12-8-6-9-13(20-3)14(12)17(18)19/h6,8-9,15H,4-5,7,10-11H2,1-3H3. The molecule has 1 aromatic rings. The van der Waals surface area contributed by atoms with E-state index in [9.17, 15) is 10.1 Å². The van der Waals surface area contributed by atoms with Crippen LogP contribution < -0.4 is 10.1 Å². The molecular weight excluding hydrogens is 258 g/mol. The van der Waals surface area contributed by atoms with E-state index in [-0.39, 0.29) is 11.4 Å². The van der Waals surface area contributed by atoms with E-state index in [2.05, 4.69) is 24.1 Å². The first-order valence-corrected chi connectivity index (χ1v) is 6.91. The predicted molar refractivity (Wildman–Crippen MR) is 80.5 cm³/mol. The summed E-state index contributed by atoms with van der Waals surface area (Å²) >= 11 is 0. The lowest BCUT2D eigenvalue weighted by atomic mass is 10.2. The molecule has 6 nitrogen and oxygen atoms in total. The molecule has 0 radical (unpaired) electrons. The quantitative estimate of drug-likeness (QED) is 0.428. The van der Waals surface area contributed by atoms with Crippen molar-refractivity contribution in [3.8, 4) is 5.75 Å². The molecule has 0 saturated carbocycles. The Balaban J connectivity index is 2.62. The van der Waals surface area contributed by atoms with E-state index in [0.717, 1.165) is 26.1 Å². The maximum atomic E-state index is 11.1. The lowest BCUT2D eigenvalue weighted by Gasteiger charge is -2.18. The van der Waals surface area contributed by atoms with Crippen LogP contribution in [0.15, 0.2) is 18.2 Å². The molecule has 0 unspecified atom stereocenters. The molecular formula is C14H23N3O3. The van der Waals surface area contributed by atoms with Gasteiger partial charge in [-0.2, -0.15) is 0 Å². The lowest BCUT2D eigenvalue weighted by molar-refractivity contribution is -0.384. The van der Waals surface area contributed by atoms with Crippen LogP contribution in [0.3, 0.4) is 0 Å². The Labute approximate surface area is 119 Å². The van der Waals surface area contributed by atoms with Gasteiger partial charge in [0.05, 0.1) is 12.0 Å². The molecule has 0 aliphatic rings. The van der Waals surface area contributed by atoms with Crippen LogP contribution in [-0.2, 0) is 0 Å². The number of nitrogens with one attached hydrogen (secondary N) is 1. The SMILES string of the molecule is CCN(CC)CCCNc1cccc(OC)c1[N+](=O)[O-]. The summed E-state index contributed by atoms with van der Waals surface area (Å²) in [5.74, 6) is 0.281. The largest absolute Gasteiger partial charge is 0.490 e. The molecule has 20 heavy (non-hydrogen) atoms. The van der Waals surface area contributed by atoms with Crippen LogP contribution in [-0.4, -0.2) is 43.1 Å². The number of rotatable bonds is 9. The van der Waals surface area contributed by atoms with Gasteiger partial charge in [0.15, 0.2) is 5.75 Å². The van der Waals surface area contributed by atoms with Gasteiger partial charge >= 0.3 is 5.69 Å². The van der Waals surface area contributed by atoms with Crippen LogP contribution in [0, 0.1) is 10.1 Å². The highest BCUT2D eigenvalue weighted by molar-refractivity contribution is 5.68. The van der Waals surface area contributed by atoms with E-state index < -0.39 is 4.92 Å². The number of methoxy groups -OCH3 is 1. The first-order valence-electron chi connectivity index (χ1n) is 6.91. The summed E-state index contributed by atoms with van der Waals surface area (Å²) in [5.41, 5.74) is 0.506. The van der Waals surface area contributed by atoms with E-state index in [0.29, 0.717) is 12.2 Å². The topological polar surface area (TPSA) is 67.6 Å². The maximum absolute atomic E-state index is 11.1. The zero-order valence-corrected chi connectivity index (χ0v) is 12.4. The van der Waals surface area contributed by atoms with Gasteiger partial charge in [-0.3, -0.25) is 10.1 Å². The van der Waals surface area contributed by atoms with E-state index in [4.69, 9.17) is 4.74 Å².